The van der Waals surface area contributed by atoms with Crippen LogP contribution in [0.1, 0.15) is 27.9 Å². The van der Waals surface area contributed by atoms with Crippen molar-refractivity contribution in [2.45, 2.75) is 25.6 Å². The number of carbonyl (C=O) groups is 1. The number of halogens is 2. The summed E-state index contributed by atoms with van der Waals surface area (Å²) < 4.78 is 34.1. The third-order valence-corrected chi connectivity index (χ3v) is 6.34. The quantitative estimate of drug-likeness (QED) is 0.415. The van der Waals surface area contributed by atoms with Gasteiger partial charge in [-0.1, -0.05) is 12.1 Å². The minimum Gasteiger partial charge on any atom is -0.488 e. The molecule has 10 heteroatoms. The second kappa shape index (κ2) is 10.4. The molecule has 37 heavy (non-hydrogen) atoms. The van der Waals surface area contributed by atoms with Gasteiger partial charge >= 0.3 is 0 Å². The highest BCUT2D eigenvalue weighted by Gasteiger charge is 2.22. The highest BCUT2D eigenvalue weighted by Crippen LogP contribution is 2.27. The van der Waals surface area contributed by atoms with Crippen LogP contribution in [0.4, 0.5) is 8.78 Å². The van der Waals surface area contributed by atoms with E-state index in [2.05, 4.69) is 27.2 Å². The van der Waals surface area contributed by atoms with E-state index in [9.17, 15) is 18.4 Å². The molecule has 0 radical (unpaired) electrons. The van der Waals surface area contributed by atoms with E-state index in [1.54, 1.807) is 6.20 Å². The summed E-state index contributed by atoms with van der Waals surface area (Å²) in [5.74, 6) is -1.83. The van der Waals surface area contributed by atoms with Crippen LogP contribution in [0.2, 0.25) is 0 Å². The Hall–Kier alpha value is -4.18. The molecule has 1 unspecified atom stereocenters. The lowest BCUT2D eigenvalue weighted by Gasteiger charge is -2.16. The number of hydrogen-bond acceptors (Lipinski definition) is 6. The van der Waals surface area contributed by atoms with Crippen molar-refractivity contribution < 1.29 is 18.3 Å². The highest BCUT2D eigenvalue weighted by atomic mass is 19.2. The van der Waals surface area contributed by atoms with Gasteiger partial charge in [-0.3, -0.25) is 19.1 Å². The summed E-state index contributed by atoms with van der Waals surface area (Å²) in [5.41, 5.74) is 1.23. The molecule has 1 aliphatic heterocycles. The molecule has 1 amide bonds. The van der Waals surface area contributed by atoms with E-state index in [1.807, 2.05) is 24.3 Å². The van der Waals surface area contributed by atoms with Gasteiger partial charge in [0.05, 0.1) is 18.4 Å². The van der Waals surface area contributed by atoms with Crippen LogP contribution in [0.5, 0.6) is 5.75 Å². The number of aromatic nitrogens is 3. The van der Waals surface area contributed by atoms with Gasteiger partial charge < -0.3 is 15.0 Å². The predicted molar refractivity (Wildman–Crippen MR) is 133 cm³/mol. The lowest BCUT2D eigenvalue weighted by atomic mass is 10.1. The number of ether oxygens (including phenoxy) is 1. The number of hydrogen-bond donors (Lipinski definition) is 1. The van der Waals surface area contributed by atoms with Crippen LogP contribution in [0.25, 0.3) is 10.9 Å². The van der Waals surface area contributed by atoms with E-state index in [-0.39, 0.29) is 24.8 Å². The Morgan fingerprint density at radius 3 is 2.76 bits per heavy atom. The van der Waals surface area contributed by atoms with Crippen LogP contribution in [0, 0.1) is 11.6 Å². The van der Waals surface area contributed by atoms with E-state index >= 15 is 0 Å². The minimum absolute atomic E-state index is 0.0542. The first kappa shape index (κ1) is 24.5. The van der Waals surface area contributed by atoms with Crippen molar-refractivity contribution >= 4 is 16.8 Å². The summed E-state index contributed by atoms with van der Waals surface area (Å²) in [6, 6.07) is 10.8. The fourth-order valence-electron chi connectivity index (χ4n) is 4.38. The SMILES string of the molecule is CN1CCC(Oc2ccnc3ccc(CNC(=O)c4cncn(Cc5ccc(F)c(F)c5)c4=O)cc23)C1. The predicted octanol–water partition coefficient (Wildman–Crippen LogP) is 3.13. The molecule has 0 saturated carbocycles. The fraction of sp³-hybridized carbons (Fsp3) is 0.259. The van der Waals surface area contributed by atoms with E-state index in [1.165, 1.54) is 23.2 Å². The molecule has 0 spiro atoms. The Balaban J connectivity index is 1.30. The number of benzene rings is 2. The van der Waals surface area contributed by atoms with Gasteiger partial charge in [-0.25, -0.2) is 13.8 Å². The van der Waals surface area contributed by atoms with Crippen molar-refractivity contribution in [1.29, 1.82) is 0 Å². The molecule has 190 valence electrons. The first-order chi connectivity index (χ1) is 17.9. The molecule has 8 nitrogen and oxygen atoms in total. The number of amides is 1. The molecule has 5 rings (SSSR count). The summed E-state index contributed by atoms with van der Waals surface area (Å²) in [6.45, 7) is 1.97. The van der Waals surface area contributed by atoms with Crippen molar-refractivity contribution in [1.82, 2.24) is 24.8 Å². The molecular weight excluding hydrogens is 480 g/mol. The van der Waals surface area contributed by atoms with Gasteiger partial charge in [-0.2, -0.15) is 0 Å². The minimum atomic E-state index is -1.01. The van der Waals surface area contributed by atoms with Crippen LogP contribution >= 0.6 is 0 Å². The third kappa shape index (κ3) is 5.49. The molecule has 2 aromatic heterocycles. The van der Waals surface area contributed by atoms with Crippen molar-refractivity contribution in [3.05, 3.63) is 99.9 Å². The Bertz CT molecular complexity index is 1520. The standard InChI is InChI=1S/C27H25F2N5O3/c1-33-9-7-19(15-33)37-25-6-8-31-24-5-3-17(10-20(24)25)12-32-26(35)21-13-30-16-34(27(21)36)14-18-2-4-22(28)23(29)11-18/h2-6,8,10-11,13,16,19H,7,9,12,14-15H2,1H3,(H,32,35). The summed E-state index contributed by atoms with van der Waals surface area (Å²) in [6.07, 6.45) is 5.22. The van der Waals surface area contributed by atoms with Gasteiger partial charge in [-0.05, 0) is 54.9 Å². The largest absolute Gasteiger partial charge is 0.488 e. The van der Waals surface area contributed by atoms with Gasteiger partial charge in [0.2, 0.25) is 0 Å². The Morgan fingerprint density at radius 2 is 1.97 bits per heavy atom. The summed E-state index contributed by atoms with van der Waals surface area (Å²) in [7, 11) is 2.06. The molecule has 3 heterocycles. The molecule has 1 N–H and O–H groups in total. The number of likely N-dealkylation sites (tertiary alicyclic amines) is 1. The fourth-order valence-corrected chi connectivity index (χ4v) is 4.38. The molecule has 1 saturated heterocycles. The number of nitrogens with zero attached hydrogens (tertiary/aromatic N) is 4. The Kier molecular flexibility index (Phi) is 6.91. The van der Waals surface area contributed by atoms with E-state index in [0.29, 0.717) is 5.56 Å². The molecule has 1 fully saturated rings. The van der Waals surface area contributed by atoms with Crippen molar-refractivity contribution in [2.75, 3.05) is 20.1 Å². The van der Waals surface area contributed by atoms with E-state index in [0.717, 1.165) is 53.9 Å². The molecule has 1 atom stereocenters. The Labute approximate surface area is 211 Å². The normalized spacial score (nSPS) is 15.7. The van der Waals surface area contributed by atoms with Crippen LogP contribution in [0.3, 0.4) is 0 Å². The van der Waals surface area contributed by atoms with E-state index < -0.39 is 23.1 Å². The lowest BCUT2D eigenvalue weighted by molar-refractivity contribution is 0.0948. The second-order valence-corrected chi connectivity index (χ2v) is 9.12. The third-order valence-electron chi connectivity index (χ3n) is 6.34. The summed E-state index contributed by atoms with van der Waals surface area (Å²) >= 11 is 0. The maximum absolute atomic E-state index is 13.5. The van der Waals surface area contributed by atoms with Crippen LogP contribution in [-0.2, 0) is 13.1 Å². The van der Waals surface area contributed by atoms with Gasteiger partial charge in [0.25, 0.3) is 11.5 Å². The summed E-state index contributed by atoms with van der Waals surface area (Å²) in [4.78, 5) is 36.3. The van der Waals surface area contributed by atoms with Crippen molar-refractivity contribution in [3.8, 4) is 5.75 Å². The second-order valence-electron chi connectivity index (χ2n) is 9.12. The zero-order valence-electron chi connectivity index (χ0n) is 20.2. The summed E-state index contributed by atoms with van der Waals surface area (Å²) in [5, 5.41) is 3.60. The average Bonchev–Trinajstić information content (AvgIpc) is 3.30. The first-order valence-electron chi connectivity index (χ1n) is 11.9. The smallest absolute Gasteiger partial charge is 0.266 e. The maximum Gasteiger partial charge on any atom is 0.266 e. The highest BCUT2D eigenvalue weighted by molar-refractivity contribution is 5.93. The van der Waals surface area contributed by atoms with Crippen molar-refractivity contribution in [2.24, 2.45) is 0 Å². The molecule has 2 aromatic carbocycles. The zero-order valence-corrected chi connectivity index (χ0v) is 20.2. The van der Waals surface area contributed by atoms with E-state index in [4.69, 9.17) is 4.74 Å². The number of rotatable bonds is 7. The van der Waals surface area contributed by atoms with Crippen LogP contribution in [-0.4, -0.2) is 51.6 Å². The van der Waals surface area contributed by atoms with Gasteiger partial charge in [-0.15, -0.1) is 0 Å². The van der Waals surface area contributed by atoms with Gasteiger partial charge in [0.1, 0.15) is 17.4 Å². The monoisotopic (exact) mass is 505 g/mol. The van der Waals surface area contributed by atoms with Crippen LogP contribution in [0.15, 0.2) is 66.0 Å². The number of likely N-dealkylation sites (N-methyl/N-ethyl adjacent to an activating group) is 1. The number of carbonyl (C=O) groups excluding carboxylic acids is 1. The molecular formula is C27H25F2N5O3. The lowest BCUT2D eigenvalue weighted by Crippen LogP contribution is -2.33. The molecule has 1 aliphatic rings. The first-order valence-corrected chi connectivity index (χ1v) is 11.9. The average molecular weight is 506 g/mol. The molecule has 0 bridgehead atoms. The zero-order chi connectivity index (χ0) is 25.9. The van der Waals surface area contributed by atoms with Crippen LogP contribution < -0.4 is 15.6 Å². The van der Waals surface area contributed by atoms with Crippen molar-refractivity contribution in [3.63, 3.8) is 0 Å². The van der Waals surface area contributed by atoms with Gasteiger partial charge in [0.15, 0.2) is 11.6 Å². The molecule has 0 aliphatic carbocycles. The molecule has 4 aromatic rings. The van der Waals surface area contributed by atoms with Gasteiger partial charge in [0, 0.05) is 37.4 Å². The topological polar surface area (TPSA) is 89.3 Å². The number of fused-ring (bicyclic) bond motifs is 1. The number of pyridine rings is 1. The maximum atomic E-state index is 13.5. The Morgan fingerprint density at radius 1 is 1.14 bits per heavy atom. The number of nitrogens with one attached hydrogen (secondary N) is 1.